The number of thiazole rings is 1. The molecule has 1 aliphatic rings. The van der Waals surface area contributed by atoms with Crippen molar-refractivity contribution in [2.45, 2.75) is 25.3 Å². The summed E-state index contributed by atoms with van der Waals surface area (Å²) in [5, 5.41) is 12.6. The number of halogens is 2. The summed E-state index contributed by atoms with van der Waals surface area (Å²) in [7, 11) is 0. The zero-order chi connectivity index (χ0) is 17.5. The molecule has 0 bridgehead atoms. The van der Waals surface area contributed by atoms with Gasteiger partial charge >= 0.3 is 5.97 Å². The molecule has 3 rings (SSSR count). The second-order valence-electron chi connectivity index (χ2n) is 5.81. The van der Waals surface area contributed by atoms with Crippen molar-refractivity contribution < 1.29 is 14.7 Å². The van der Waals surface area contributed by atoms with E-state index >= 15 is 0 Å². The molecular formula is C16H14Cl2N2O3S. The quantitative estimate of drug-likeness (QED) is 0.860. The van der Waals surface area contributed by atoms with E-state index in [1.54, 1.807) is 30.5 Å². The molecule has 2 heterocycles. The zero-order valence-corrected chi connectivity index (χ0v) is 15.1. The van der Waals surface area contributed by atoms with Gasteiger partial charge in [-0.05, 0) is 31.9 Å². The number of carbonyl (C=O) groups is 2. The van der Waals surface area contributed by atoms with Gasteiger partial charge in [-0.15, -0.1) is 11.3 Å². The molecule has 8 heteroatoms. The third-order valence-corrected chi connectivity index (χ3v) is 5.87. The average molecular weight is 385 g/mol. The van der Waals surface area contributed by atoms with E-state index in [4.69, 9.17) is 23.2 Å². The molecule has 1 aromatic carbocycles. The fourth-order valence-electron chi connectivity index (χ4n) is 2.78. The first-order chi connectivity index (χ1) is 11.3. The average Bonchev–Trinajstić information content (AvgIpc) is 3.17. The van der Waals surface area contributed by atoms with Crippen molar-refractivity contribution >= 4 is 46.4 Å². The van der Waals surface area contributed by atoms with Crippen LogP contribution in [0.25, 0.3) is 10.6 Å². The van der Waals surface area contributed by atoms with Crippen LogP contribution in [0.1, 0.15) is 30.3 Å². The summed E-state index contributed by atoms with van der Waals surface area (Å²) >= 11 is 13.2. The number of hydrogen-bond acceptors (Lipinski definition) is 4. The van der Waals surface area contributed by atoms with Crippen molar-refractivity contribution in [2.24, 2.45) is 0 Å². The van der Waals surface area contributed by atoms with Crippen molar-refractivity contribution in [2.75, 3.05) is 6.54 Å². The number of aliphatic carboxylic acids is 1. The highest BCUT2D eigenvalue weighted by Crippen LogP contribution is 2.33. The van der Waals surface area contributed by atoms with Gasteiger partial charge in [-0.2, -0.15) is 0 Å². The number of amides is 1. The molecule has 1 N–H and O–H groups in total. The predicted octanol–water partition coefficient (Wildman–Crippen LogP) is 4.20. The van der Waals surface area contributed by atoms with Gasteiger partial charge in [0.05, 0.1) is 10.0 Å². The molecule has 5 nitrogen and oxygen atoms in total. The van der Waals surface area contributed by atoms with Crippen LogP contribution in [-0.4, -0.2) is 39.0 Å². The van der Waals surface area contributed by atoms with E-state index in [0.717, 1.165) is 5.56 Å². The van der Waals surface area contributed by atoms with E-state index < -0.39 is 11.5 Å². The Morgan fingerprint density at radius 3 is 2.75 bits per heavy atom. The summed E-state index contributed by atoms with van der Waals surface area (Å²) < 4.78 is 0. The summed E-state index contributed by atoms with van der Waals surface area (Å²) in [6.45, 7) is 1.99. The summed E-state index contributed by atoms with van der Waals surface area (Å²) in [6.07, 6.45) is 1.11. The molecule has 0 radical (unpaired) electrons. The molecule has 2 aromatic rings. The van der Waals surface area contributed by atoms with Crippen LogP contribution in [0.4, 0.5) is 0 Å². The maximum Gasteiger partial charge on any atom is 0.329 e. The molecule has 0 spiro atoms. The van der Waals surface area contributed by atoms with Gasteiger partial charge in [0.1, 0.15) is 16.2 Å². The molecule has 1 saturated heterocycles. The van der Waals surface area contributed by atoms with Crippen molar-refractivity contribution in [3.8, 4) is 10.6 Å². The van der Waals surface area contributed by atoms with Crippen LogP contribution in [0.2, 0.25) is 10.0 Å². The van der Waals surface area contributed by atoms with Crippen molar-refractivity contribution in [1.29, 1.82) is 0 Å². The molecule has 1 unspecified atom stereocenters. The minimum atomic E-state index is -1.18. The van der Waals surface area contributed by atoms with Crippen LogP contribution in [0, 0.1) is 0 Å². The summed E-state index contributed by atoms with van der Waals surface area (Å²) in [6, 6.07) is 5.14. The molecule has 1 atom stereocenters. The van der Waals surface area contributed by atoms with Crippen molar-refractivity contribution in [3.63, 3.8) is 0 Å². The Kier molecular flexibility index (Phi) is 4.55. The number of likely N-dealkylation sites (tertiary alicyclic amines) is 1. The highest BCUT2D eigenvalue weighted by Gasteiger charge is 2.46. The van der Waals surface area contributed by atoms with Gasteiger partial charge in [0.15, 0.2) is 0 Å². The molecule has 1 aromatic heterocycles. The molecule has 0 aliphatic carbocycles. The minimum Gasteiger partial charge on any atom is -0.480 e. The number of rotatable bonds is 3. The molecule has 1 amide bonds. The molecule has 1 fully saturated rings. The van der Waals surface area contributed by atoms with E-state index in [-0.39, 0.29) is 11.6 Å². The van der Waals surface area contributed by atoms with Gasteiger partial charge in [0.2, 0.25) is 0 Å². The van der Waals surface area contributed by atoms with Crippen molar-refractivity contribution in [3.05, 3.63) is 39.3 Å². The fourth-order valence-corrected chi connectivity index (χ4v) is 3.87. The maximum absolute atomic E-state index is 12.7. The maximum atomic E-state index is 12.7. The summed E-state index contributed by atoms with van der Waals surface area (Å²) in [5.41, 5.74) is -0.170. The lowest BCUT2D eigenvalue weighted by molar-refractivity contribution is -0.147. The van der Waals surface area contributed by atoms with Crippen LogP contribution >= 0.6 is 34.5 Å². The Balaban J connectivity index is 1.89. The Morgan fingerprint density at radius 2 is 2.08 bits per heavy atom. The second-order valence-corrected chi connectivity index (χ2v) is 7.48. The van der Waals surface area contributed by atoms with E-state index in [1.165, 1.54) is 16.2 Å². The molecule has 0 saturated carbocycles. The Morgan fingerprint density at radius 1 is 1.33 bits per heavy atom. The van der Waals surface area contributed by atoms with Crippen LogP contribution < -0.4 is 0 Å². The smallest absolute Gasteiger partial charge is 0.329 e. The van der Waals surface area contributed by atoms with Crippen LogP contribution in [-0.2, 0) is 4.79 Å². The van der Waals surface area contributed by atoms with Crippen LogP contribution in [0.3, 0.4) is 0 Å². The largest absolute Gasteiger partial charge is 0.480 e. The number of carboxylic acids is 1. The highest BCUT2D eigenvalue weighted by atomic mass is 35.5. The van der Waals surface area contributed by atoms with E-state index in [0.29, 0.717) is 34.4 Å². The Labute approximate surface area is 152 Å². The third kappa shape index (κ3) is 2.90. The molecule has 24 heavy (non-hydrogen) atoms. The lowest BCUT2D eigenvalue weighted by atomic mass is 9.99. The number of carbonyl (C=O) groups excluding carboxylic acids is 1. The molecule has 126 valence electrons. The number of hydrogen-bond donors (Lipinski definition) is 1. The third-order valence-electron chi connectivity index (χ3n) is 4.24. The Bertz CT molecular complexity index is 823. The van der Waals surface area contributed by atoms with E-state index in [2.05, 4.69) is 4.98 Å². The minimum absolute atomic E-state index is 0.246. The number of carboxylic acid groups (broad SMARTS) is 1. The van der Waals surface area contributed by atoms with E-state index in [9.17, 15) is 14.7 Å². The number of benzene rings is 1. The lowest BCUT2D eigenvalue weighted by Crippen LogP contribution is -2.50. The monoisotopic (exact) mass is 384 g/mol. The second kappa shape index (κ2) is 6.35. The lowest BCUT2D eigenvalue weighted by Gasteiger charge is -2.30. The van der Waals surface area contributed by atoms with E-state index in [1.807, 2.05) is 0 Å². The number of nitrogens with zero attached hydrogens (tertiary/aromatic N) is 2. The predicted molar refractivity (Wildman–Crippen MR) is 93.9 cm³/mol. The Hall–Kier alpha value is -1.63. The molecule has 1 aliphatic heterocycles. The van der Waals surface area contributed by atoms with Crippen LogP contribution in [0.5, 0.6) is 0 Å². The van der Waals surface area contributed by atoms with Gasteiger partial charge in [-0.1, -0.05) is 29.3 Å². The normalized spacial score (nSPS) is 20.4. The molecular weight excluding hydrogens is 371 g/mol. The summed E-state index contributed by atoms with van der Waals surface area (Å²) in [5.74, 6) is -1.35. The first kappa shape index (κ1) is 17.2. The van der Waals surface area contributed by atoms with Crippen molar-refractivity contribution in [1.82, 2.24) is 9.88 Å². The van der Waals surface area contributed by atoms with Gasteiger partial charge in [0.25, 0.3) is 5.91 Å². The van der Waals surface area contributed by atoms with Gasteiger partial charge in [0, 0.05) is 17.5 Å². The van der Waals surface area contributed by atoms with Gasteiger partial charge < -0.3 is 10.0 Å². The first-order valence-corrected chi connectivity index (χ1v) is 8.93. The van der Waals surface area contributed by atoms with Crippen LogP contribution in [0.15, 0.2) is 23.6 Å². The highest BCUT2D eigenvalue weighted by molar-refractivity contribution is 7.13. The standard InChI is InChI=1S/C16H14Cl2N2O3S/c1-16(15(22)23)5-2-6-20(16)14(21)12-8-24-13(19-12)9-3-4-10(17)11(18)7-9/h3-4,7-8H,2,5-6H2,1H3,(H,22,23). The van der Waals surface area contributed by atoms with Gasteiger partial charge in [-0.25, -0.2) is 9.78 Å². The SMILES string of the molecule is CC1(C(=O)O)CCCN1C(=O)c1csc(-c2ccc(Cl)c(Cl)c2)n1. The number of aromatic nitrogens is 1. The summed E-state index contributed by atoms with van der Waals surface area (Å²) in [4.78, 5) is 30.0. The van der Waals surface area contributed by atoms with Gasteiger partial charge in [-0.3, -0.25) is 4.79 Å². The topological polar surface area (TPSA) is 70.5 Å². The zero-order valence-electron chi connectivity index (χ0n) is 12.8. The fraction of sp³-hybridized carbons (Fsp3) is 0.312. The first-order valence-electron chi connectivity index (χ1n) is 7.29.